The van der Waals surface area contributed by atoms with Crippen molar-refractivity contribution in [1.82, 2.24) is 0 Å². The van der Waals surface area contributed by atoms with E-state index in [9.17, 15) is 4.79 Å². The summed E-state index contributed by atoms with van der Waals surface area (Å²) >= 11 is 6.69. The van der Waals surface area contributed by atoms with Gasteiger partial charge in [0.25, 0.3) is 0 Å². The Morgan fingerprint density at radius 2 is 1.10 bits per heavy atom. The van der Waals surface area contributed by atoms with Crippen molar-refractivity contribution in [3.8, 4) is 0 Å². The number of carbonyl (C=O) groups excluding carboxylic acids is 1. The molecule has 20 heavy (non-hydrogen) atoms. The topological polar surface area (TPSA) is 35.5 Å². The maximum atomic E-state index is 11.5. The van der Waals surface area contributed by atoms with Gasteiger partial charge in [-0.15, -0.1) is 0 Å². The number of ether oxygens (including phenoxy) is 2. The average Bonchev–Trinajstić information content (AvgIpc) is 2.46. The van der Waals surface area contributed by atoms with Crippen LogP contribution < -0.4 is 0 Å². The molecule has 104 valence electrons. The van der Waals surface area contributed by atoms with Gasteiger partial charge in [-0.05, 0) is 35.4 Å². The second-order valence-corrected chi connectivity index (χ2v) is 5.91. The lowest BCUT2D eigenvalue weighted by atomic mass is 10.2. The second-order valence-electron chi connectivity index (χ2n) is 4.08. The monoisotopic (exact) mass is 398 g/mol. The number of hydrogen-bond donors (Lipinski definition) is 0. The Bertz CT molecular complexity index is 513. The molecule has 0 fully saturated rings. The predicted molar refractivity (Wildman–Crippen MR) is 83.3 cm³/mol. The minimum Gasteiger partial charge on any atom is -0.429 e. The molecule has 0 N–H and O–H groups in total. The van der Waals surface area contributed by atoms with E-state index in [1.165, 1.54) is 0 Å². The van der Waals surface area contributed by atoms with E-state index in [2.05, 4.69) is 31.9 Å². The van der Waals surface area contributed by atoms with Crippen LogP contribution in [-0.2, 0) is 22.7 Å². The Hall–Kier alpha value is -1.33. The van der Waals surface area contributed by atoms with Gasteiger partial charge in [0.05, 0.1) is 0 Å². The third-order valence-electron chi connectivity index (χ3n) is 2.54. The number of hydrogen-bond acceptors (Lipinski definition) is 3. The highest BCUT2D eigenvalue weighted by molar-refractivity contribution is 9.10. The summed E-state index contributed by atoms with van der Waals surface area (Å²) in [5, 5.41) is 0. The second kappa shape index (κ2) is 7.45. The minimum atomic E-state index is -0.671. The van der Waals surface area contributed by atoms with Gasteiger partial charge in [0.2, 0.25) is 0 Å². The molecule has 2 rings (SSSR count). The fourth-order valence-electron chi connectivity index (χ4n) is 1.49. The van der Waals surface area contributed by atoms with Crippen molar-refractivity contribution in [2.24, 2.45) is 0 Å². The van der Waals surface area contributed by atoms with Crippen LogP contribution in [-0.4, -0.2) is 6.16 Å². The first-order valence-electron chi connectivity index (χ1n) is 5.92. The van der Waals surface area contributed by atoms with Crippen LogP contribution in [0.25, 0.3) is 0 Å². The Morgan fingerprint density at radius 3 is 1.45 bits per heavy atom. The van der Waals surface area contributed by atoms with Gasteiger partial charge in [0, 0.05) is 8.95 Å². The normalized spacial score (nSPS) is 10.1. The Balaban J connectivity index is 1.75. The summed E-state index contributed by atoms with van der Waals surface area (Å²) in [4.78, 5) is 11.5. The number of rotatable bonds is 4. The van der Waals surface area contributed by atoms with Crippen molar-refractivity contribution in [3.63, 3.8) is 0 Å². The lowest BCUT2D eigenvalue weighted by Crippen LogP contribution is -2.07. The number of halogens is 2. The van der Waals surface area contributed by atoms with E-state index in [0.29, 0.717) is 0 Å². The van der Waals surface area contributed by atoms with Gasteiger partial charge in [-0.2, -0.15) is 0 Å². The molecule has 0 amide bonds. The zero-order chi connectivity index (χ0) is 14.4. The highest BCUT2D eigenvalue weighted by Gasteiger charge is 2.05. The molecule has 0 aliphatic rings. The molecular formula is C15H12Br2O3. The quantitative estimate of drug-likeness (QED) is 0.673. The molecule has 0 radical (unpaired) electrons. The molecule has 0 saturated heterocycles. The van der Waals surface area contributed by atoms with Gasteiger partial charge in [-0.3, -0.25) is 0 Å². The zero-order valence-corrected chi connectivity index (χ0v) is 13.7. The zero-order valence-electron chi connectivity index (χ0n) is 10.5. The highest BCUT2D eigenvalue weighted by atomic mass is 79.9. The molecular weight excluding hydrogens is 388 g/mol. The molecule has 5 heteroatoms. The standard InChI is InChI=1S/C15H12Br2O3/c16-13-5-1-11(2-6-13)9-19-15(18)20-10-12-3-7-14(17)8-4-12/h1-8H,9-10H2. The summed E-state index contributed by atoms with van der Waals surface area (Å²) < 4.78 is 12.0. The van der Waals surface area contributed by atoms with E-state index in [0.717, 1.165) is 20.1 Å². The van der Waals surface area contributed by atoms with Crippen LogP contribution in [0.5, 0.6) is 0 Å². The van der Waals surface area contributed by atoms with E-state index in [4.69, 9.17) is 9.47 Å². The van der Waals surface area contributed by atoms with Crippen LogP contribution in [0.3, 0.4) is 0 Å². The maximum Gasteiger partial charge on any atom is 0.508 e. The van der Waals surface area contributed by atoms with E-state index >= 15 is 0 Å². The molecule has 0 unspecified atom stereocenters. The van der Waals surface area contributed by atoms with Gasteiger partial charge >= 0.3 is 6.16 Å². The van der Waals surface area contributed by atoms with Crippen molar-refractivity contribution in [1.29, 1.82) is 0 Å². The number of benzene rings is 2. The third kappa shape index (κ3) is 4.98. The van der Waals surface area contributed by atoms with Crippen LogP contribution in [0.1, 0.15) is 11.1 Å². The van der Waals surface area contributed by atoms with Crippen LogP contribution in [0.4, 0.5) is 4.79 Å². The highest BCUT2D eigenvalue weighted by Crippen LogP contribution is 2.13. The van der Waals surface area contributed by atoms with E-state index < -0.39 is 6.16 Å². The summed E-state index contributed by atoms with van der Waals surface area (Å²) in [6.45, 7) is 0.402. The van der Waals surface area contributed by atoms with E-state index in [1.54, 1.807) is 0 Å². The van der Waals surface area contributed by atoms with E-state index in [1.807, 2.05) is 48.5 Å². The first-order valence-corrected chi connectivity index (χ1v) is 7.50. The Labute approximate surface area is 134 Å². The average molecular weight is 400 g/mol. The fraction of sp³-hybridized carbons (Fsp3) is 0.133. The Morgan fingerprint density at radius 1 is 0.750 bits per heavy atom. The summed E-state index contributed by atoms with van der Waals surface area (Å²) in [5.41, 5.74) is 1.82. The van der Waals surface area contributed by atoms with Crippen molar-refractivity contribution < 1.29 is 14.3 Å². The van der Waals surface area contributed by atoms with Crippen molar-refractivity contribution in [3.05, 3.63) is 68.6 Å². The Kier molecular flexibility index (Phi) is 5.61. The van der Waals surface area contributed by atoms with Gasteiger partial charge < -0.3 is 9.47 Å². The van der Waals surface area contributed by atoms with Gasteiger partial charge in [0.15, 0.2) is 0 Å². The predicted octanol–water partition coefficient (Wildman–Crippen LogP) is 5.07. The molecule has 0 heterocycles. The molecule has 0 spiro atoms. The molecule has 0 aliphatic heterocycles. The lowest BCUT2D eigenvalue weighted by molar-refractivity contribution is 0.0446. The first kappa shape index (κ1) is 15.1. The number of carbonyl (C=O) groups is 1. The maximum absolute atomic E-state index is 11.5. The van der Waals surface area contributed by atoms with E-state index in [-0.39, 0.29) is 13.2 Å². The van der Waals surface area contributed by atoms with Crippen LogP contribution in [0.2, 0.25) is 0 Å². The minimum absolute atomic E-state index is 0.201. The largest absolute Gasteiger partial charge is 0.508 e. The molecule has 0 aliphatic carbocycles. The van der Waals surface area contributed by atoms with Crippen LogP contribution in [0.15, 0.2) is 57.5 Å². The molecule has 2 aromatic carbocycles. The molecule has 0 bridgehead atoms. The van der Waals surface area contributed by atoms with Gasteiger partial charge in [-0.25, -0.2) is 4.79 Å². The van der Waals surface area contributed by atoms with Gasteiger partial charge in [-0.1, -0.05) is 56.1 Å². The van der Waals surface area contributed by atoms with Crippen LogP contribution in [0, 0.1) is 0 Å². The summed E-state index contributed by atoms with van der Waals surface area (Å²) in [6.07, 6.45) is -0.671. The lowest BCUT2D eigenvalue weighted by Gasteiger charge is -2.06. The van der Waals surface area contributed by atoms with Crippen molar-refractivity contribution >= 4 is 38.0 Å². The third-order valence-corrected chi connectivity index (χ3v) is 3.60. The molecule has 0 atom stereocenters. The summed E-state index contributed by atoms with van der Waals surface area (Å²) in [6, 6.07) is 15.1. The summed E-state index contributed by atoms with van der Waals surface area (Å²) in [7, 11) is 0. The van der Waals surface area contributed by atoms with Crippen molar-refractivity contribution in [2.45, 2.75) is 13.2 Å². The fourth-order valence-corrected chi connectivity index (χ4v) is 2.02. The molecule has 0 aromatic heterocycles. The smallest absolute Gasteiger partial charge is 0.429 e. The molecule has 3 nitrogen and oxygen atoms in total. The molecule has 2 aromatic rings. The van der Waals surface area contributed by atoms with Gasteiger partial charge in [0.1, 0.15) is 13.2 Å². The summed E-state index contributed by atoms with van der Waals surface area (Å²) in [5.74, 6) is 0. The van der Waals surface area contributed by atoms with Crippen molar-refractivity contribution in [2.75, 3.05) is 0 Å². The van der Waals surface area contributed by atoms with Crippen LogP contribution >= 0.6 is 31.9 Å². The SMILES string of the molecule is O=C(OCc1ccc(Br)cc1)OCc1ccc(Br)cc1. The molecule has 0 saturated carbocycles. The first-order chi connectivity index (χ1) is 9.63.